The molecular weight excluding hydrogens is 432 g/mol. The second kappa shape index (κ2) is 11.5. The summed E-state index contributed by atoms with van der Waals surface area (Å²) in [6.07, 6.45) is 3.52. The second-order valence-electron chi connectivity index (χ2n) is 7.86. The molecule has 1 aliphatic heterocycles. The Kier molecular flexibility index (Phi) is 7.95. The van der Waals surface area contributed by atoms with Crippen molar-refractivity contribution in [3.8, 4) is 11.1 Å². The molecule has 0 aliphatic carbocycles. The van der Waals surface area contributed by atoms with Gasteiger partial charge in [0.15, 0.2) is 5.76 Å². The van der Waals surface area contributed by atoms with Gasteiger partial charge in [0.25, 0.3) is 5.91 Å². The van der Waals surface area contributed by atoms with Crippen LogP contribution in [0.1, 0.15) is 29.2 Å². The Morgan fingerprint density at radius 1 is 1.00 bits per heavy atom. The third kappa shape index (κ3) is 5.65. The van der Waals surface area contributed by atoms with Crippen LogP contribution in [0.15, 0.2) is 71.1 Å². The van der Waals surface area contributed by atoms with Gasteiger partial charge in [0.2, 0.25) is 0 Å². The van der Waals surface area contributed by atoms with Gasteiger partial charge in [-0.3, -0.25) is 4.79 Å². The summed E-state index contributed by atoms with van der Waals surface area (Å²) < 4.78 is 10.9. The molecule has 0 unspecified atom stereocenters. The van der Waals surface area contributed by atoms with E-state index in [2.05, 4.69) is 11.7 Å². The summed E-state index contributed by atoms with van der Waals surface area (Å²) in [4.78, 5) is 25.5. The largest absolute Gasteiger partial charge is 0.455 e. The number of benzene rings is 2. The van der Waals surface area contributed by atoms with Crippen LogP contribution in [-0.2, 0) is 11.3 Å². The highest BCUT2D eigenvalue weighted by molar-refractivity contribution is 5.93. The predicted molar refractivity (Wildman–Crippen MR) is 130 cm³/mol. The van der Waals surface area contributed by atoms with Crippen LogP contribution < -0.4 is 16.1 Å². The number of carbonyl (C=O) groups is 2. The molecule has 2 heterocycles. The van der Waals surface area contributed by atoms with Gasteiger partial charge in [-0.05, 0) is 43.0 Å². The number of furan rings is 1. The van der Waals surface area contributed by atoms with Crippen LogP contribution in [0.3, 0.4) is 0 Å². The highest BCUT2D eigenvalue weighted by atomic mass is 16.6. The molecule has 1 aliphatic rings. The minimum atomic E-state index is -0.483. The van der Waals surface area contributed by atoms with E-state index in [0.29, 0.717) is 5.76 Å². The Morgan fingerprint density at radius 2 is 1.74 bits per heavy atom. The third-order valence-corrected chi connectivity index (χ3v) is 5.56. The first-order chi connectivity index (χ1) is 16.7. The van der Waals surface area contributed by atoms with Crippen molar-refractivity contribution >= 4 is 17.7 Å². The van der Waals surface area contributed by atoms with E-state index in [1.165, 1.54) is 0 Å². The van der Waals surface area contributed by atoms with Crippen molar-refractivity contribution in [2.45, 2.75) is 19.4 Å². The average molecular weight is 462 g/mol. The van der Waals surface area contributed by atoms with Crippen molar-refractivity contribution < 1.29 is 18.7 Å². The number of amides is 2. The Morgan fingerprint density at radius 3 is 2.47 bits per heavy atom. The van der Waals surface area contributed by atoms with E-state index in [4.69, 9.17) is 14.9 Å². The molecule has 2 aromatic carbocycles. The van der Waals surface area contributed by atoms with Crippen LogP contribution in [0.5, 0.6) is 0 Å². The van der Waals surface area contributed by atoms with Crippen molar-refractivity contribution in [1.82, 2.24) is 10.3 Å². The number of ether oxygens (including phenoxy) is 1. The highest BCUT2D eigenvalue weighted by Crippen LogP contribution is 2.33. The number of para-hydroxylation sites is 1. The fourth-order valence-corrected chi connectivity index (χ4v) is 3.88. The van der Waals surface area contributed by atoms with Gasteiger partial charge in [0, 0.05) is 18.7 Å². The van der Waals surface area contributed by atoms with Crippen LogP contribution in [0.2, 0.25) is 0 Å². The number of piperidine rings is 1. The van der Waals surface area contributed by atoms with Crippen molar-refractivity contribution in [1.29, 1.82) is 0 Å². The lowest BCUT2D eigenvalue weighted by molar-refractivity contribution is 0.0899. The molecule has 1 fully saturated rings. The van der Waals surface area contributed by atoms with Crippen LogP contribution in [-0.4, -0.2) is 43.3 Å². The minimum Gasteiger partial charge on any atom is -0.455 e. The van der Waals surface area contributed by atoms with E-state index in [1.807, 2.05) is 59.6 Å². The number of carbonyl (C=O) groups excluding carboxylic acids is 2. The number of hydrogen-bond donors (Lipinski definition) is 2. The van der Waals surface area contributed by atoms with E-state index in [-0.39, 0.29) is 31.4 Å². The molecule has 3 aromatic rings. The summed E-state index contributed by atoms with van der Waals surface area (Å²) in [6, 6.07) is 21.0. The molecule has 177 valence electrons. The molecule has 0 atom stereocenters. The monoisotopic (exact) mass is 461 g/mol. The molecule has 8 heteroatoms. The number of rotatable bonds is 8. The smallest absolute Gasteiger partial charge is 0.429 e. The molecule has 8 nitrogen and oxygen atoms in total. The fourth-order valence-electron chi connectivity index (χ4n) is 3.88. The van der Waals surface area contributed by atoms with Crippen LogP contribution >= 0.6 is 0 Å². The molecule has 1 saturated heterocycles. The molecule has 3 N–H and O–H groups in total. The molecule has 0 bridgehead atoms. The van der Waals surface area contributed by atoms with E-state index >= 15 is 0 Å². The Labute approximate surface area is 199 Å². The van der Waals surface area contributed by atoms with E-state index in [0.717, 1.165) is 42.7 Å². The molecule has 2 amide bonds. The first-order valence-corrected chi connectivity index (χ1v) is 11.4. The van der Waals surface area contributed by atoms with Crippen LogP contribution in [0, 0.1) is 6.42 Å². The molecule has 0 spiro atoms. The summed E-state index contributed by atoms with van der Waals surface area (Å²) in [6.45, 7) is 1.84. The van der Waals surface area contributed by atoms with Gasteiger partial charge in [0.05, 0.1) is 18.8 Å². The zero-order valence-corrected chi connectivity index (χ0v) is 19.0. The third-order valence-electron chi connectivity index (χ3n) is 5.56. The topological polar surface area (TPSA) is 101 Å². The van der Waals surface area contributed by atoms with Gasteiger partial charge < -0.3 is 20.2 Å². The maximum atomic E-state index is 13.3. The van der Waals surface area contributed by atoms with Crippen molar-refractivity contribution in [3.05, 3.63) is 84.7 Å². The highest BCUT2D eigenvalue weighted by Gasteiger charge is 2.28. The van der Waals surface area contributed by atoms with Gasteiger partial charge in [-0.25, -0.2) is 14.8 Å². The fraction of sp³-hybridized carbons (Fsp3) is 0.269. The van der Waals surface area contributed by atoms with Crippen molar-refractivity contribution in [2.24, 2.45) is 5.73 Å². The molecule has 34 heavy (non-hydrogen) atoms. The zero-order valence-electron chi connectivity index (χ0n) is 19.0. The van der Waals surface area contributed by atoms with Gasteiger partial charge >= 0.3 is 6.09 Å². The Bertz CT molecular complexity index is 1090. The van der Waals surface area contributed by atoms with Gasteiger partial charge in [-0.2, -0.15) is 0 Å². The summed E-state index contributed by atoms with van der Waals surface area (Å²) >= 11 is 0. The lowest BCUT2D eigenvalue weighted by atomic mass is 10.0. The van der Waals surface area contributed by atoms with Gasteiger partial charge in [-0.15, -0.1) is 0 Å². The van der Waals surface area contributed by atoms with Gasteiger partial charge in [0.1, 0.15) is 12.4 Å². The SMILES string of the molecule is NCc1ccc(C(=O)NCCOC(=O)N(c2ccccc2-c2ccccc2)N2CC[CH]CC2)o1. The summed E-state index contributed by atoms with van der Waals surface area (Å²) in [5.41, 5.74) is 8.23. The molecule has 0 saturated carbocycles. The quantitative estimate of drug-likeness (QED) is 0.492. The average Bonchev–Trinajstić information content (AvgIpc) is 3.38. The number of hydrogen-bond acceptors (Lipinski definition) is 6. The lowest BCUT2D eigenvalue weighted by Gasteiger charge is -2.37. The Balaban J connectivity index is 1.45. The summed E-state index contributed by atoms with van der Waals surface area (Å²) in [5, 5.41) is 6.34. The number of hydrazine groups is 1. The van der Waals surface area contributed by atoms with Crippen molar-refractivity contribution in [3.63, 3.8) is 0 Å². The number of nitrogens with two attached hydrogens (primary N) is 1. The van der Waals surface area contributed by atoms with E-state index in [1.54, 1.807) is 17.1 Å². The number of nitrogens with zero attached hydrogens (tertiary/aromatic N) is 2. The number of nitrogens with one attached hydrogen (secondary N) is 1. The molecule has 1 radical (unpaired) electrons. The summed E-state index contributed by atoms with van der Waals surface area (Å²) in [5.74, 6) is 0.325. The van der Waals surface area contributed by atoms with Gasteiger partial charge in [-0.1, -0.05) is 48.5 Å². The zero-order chi connectivity index (χ0) is 23.8. The number of anilines is 1. The van der Waals surface area contributed by atoms with E-state index < -0.39 is 6.09 Å². The molecular formula is C26H29N4O4. The molecule has 1 aromatic heterocycles. The predicted octanol–water partition coefficient (Wildman–Crippen LogP) is 3.99. The Hall–Kier alpha value is -3.62. The minimum absolute atomic E-state index is 0.0268. The van der Waals surface area contributed by atoms with Crippen LogP contribution in [0.4, 0.5) is 10.5 Å². The lowest BCUT2D eigenvalue weighted by Crippen LogP contribution is -2.50. The maximum Gasteiger partial charge on any atom is 0.429 e. The molecule has 4 rings (SSSR count). The van der Waals surface area contributed by atoms with Crippen molar-refractivity contribution in [2.75, 3.05) is 31.3 Å². The van der Waals surface area contributed by atoms with Crippen LogP contribution in [0.25, 0.3) is 11.1 Å². The maximum absolute atomic E-state index is 13.3. The first-order valence-electron chi connectivity index (χ1n) is 11.4. The summed E-state index contributed by atoms with van der Waals surface area (Å²) in [7, 11) is 0. The second-order valence-corrected chi connectivity index (χ2v) is 7.86. The first kappa shape index (κ1) is 23.5. The van der Waals surface area contributed by atoms with E-state index in [9.17, 15) is 9.59 Å². The normalized spacial score (nSPS) is 13.9. The standard InChI is InChI=1S/C26H29N4O4/c27-19-21-13-14-24(34-21)25(31)28-15-18-33-26(32)30(29-16-7-2-8-17-29)23-12-6-5-11-22(23)20-9-3-1-4-10-20/h1-6,9-14H,7-8,15-19,27H2,(H,28,31).